The Morgan fingerprint density at radius 3 is 1.77 bits per heavy atom. The fourth-order valence-electron chi connectivity index (χ4n) is 4.94. The molecule has 0 aliphatic heterocycles. The van der Waals surface area contributed by atoms with E-state index in [2.05, 4.69) is 0 Å². The standard InChI is InChI=1S/C37H37F5N2O4/c1-35(23-27-3-12-30(43)13-4-27,24-28-5-14-31(44)15-6-28)25-47-34(45)20-9-26-7-16-33(17-8-26)48-37(41,42)29-10-18-32(19-11-29)46-22-2-21-36(38,39)40/h3-20H,2,21-25,43-44H2,1H3/b20-9+. The number of ether oxygens (including phenoxy) is 3. The molecule has 0 fully saturated rings. The molecule has 0 aromatic heterocycles. The molecule has 0 aliphatic carbocycles. The van der Waals surface area contributed by atoms with Gasteiger partial charge in [0, 0.05) is 29.3 Å². The van der Waals surface area contributed by atoms with E-state index in [1.165, 1.54) is 48.6 Å². The molecule has 254 valence electrons. The van der Waals surface area contributed by atoms with Crippen molar-refractivity contribution in [2.75, 3.05) is 24.7 Å². The van der Waals surface area contributed by atoms with Gasteiger partial charge in [-0.05, 0) is 103 Å². The first-order valence-corrected chi connectivity index (χ1v) is 15.2. The zero-order chi connectivity index (χ0) is 34.8. The van der Waals surface area contributed by atoms with Gasteiger partial charge in [0.2, 0.25) is 0 Å². The molecule has 0 aliphatic rings. The lowest BCUT2D eigenvalue weighted by molar-refractivity contribution is -0.185. The molecule has 4 N–H and O–H groups in total. The van der Waals surface area contributed by atoms with Crippen LogP contribution in [0.25, 0.3) is 6.08 Å². The molecule has 0 unspecified atom stereocenters. The highest BCUT2D eigenvalue weighted by molar-refractivity contribution is 5.87. The number of anilines is 2. The maximum atomic E-state index is 14.8. The molecule has 0 amide bonds. The van der Waals surface area contributed by atoms with Crippen LogP contribution in [0.4, 0.5) is 33.3 Å². The lowest BCUT2D eigenvalue weighted by atomic mass is 9.79. The van der Waals surface area contributed by atoms with E-state index in [-0.39, 0.29) is 31.1 Å². The normalized spacial score (nSPS) is 12.2. The summed E-state index contributed by atoms with van der Waals surface area (Å²) in [4.78, 5) is 12.7. The largest absolute Gasteiger partial charge is 0.494 e. The predicted molar refractivity (Wildman–Crippen MR) is 175 cm³/mol. The van der Waals surface area contributed by atoms with E-state index in [1.54, 1.807) is 0 Å². The molecule has 4 rings (SSSR count). The van der Waals surface area contributed by atoms with Gasteiger partial charge in [-0.15, -0.1) is 0 Å². The Bertz CT molecular complexity index is 1590. The summed E-state index contributed by atoms with van der Waals surface area (Å²) in [7, 11) is 0. The number of carbonyl (C=O) groups is 1. The van der Waals surface area contributed by atoms with Crippen molar-refractivity contribution < 1.29 is 41.0 Å². The Labute approximate surface area is 276 Å². The number of alkyl halides is 5. The summed E-state index contributed by atoms with van der Waals surface area (Å²) in [5.41, 5.74) is 14.7. The maximum Gasteiger partial charge on any atom is 0.426 e. The predicted octanol–water partition coefficient (Wildman–Crippen LogP) is 8.75. The number of nitrogens with two attached hydrogens (primary N) is 2. The van der Waals surface area contributed by atoms with Crippen LogP contribution in [0, 0.1) is 5.41 Å². The Kier molecular flexibility index (Phi) is 11.7. The van der Waals surface area contributed by atoms with E-state index < -0.39 is 35.7 Å². The molecule has 0 saturated carbocycles. The second-order valence-electron chi connectivity index (χ2n) is 11.9. The summed E-state index contributed by atoms with van der Waals surface area (Å²) in [6.07, 6.45) is -5.18. The van der Waals surface area contributed by atoms with E-state index in [9.17, 15) is 26.7 Å². The fourth-order valence-corrected chi connectivity index (χ4v) is 4.94. The van der Waals surface area contributed by atoms with Crippen LogP contribution < -0.4 is 20.9 Å². The van der Waals surface area contributed by atoms with Crippen LogP contribution in [0.2, 0.25) is 0 Å². The monoisotopic (exact) mass is 668 g/mol. The van der Waals surface area contributed by atoms with Gasteiger partial charge in [-0.25, -0.2) is 4.79 Å². The van der Waals surface area contributed by atoms with Crippen LogP contribution in [0.3, 0.4) is 0 Å². The lowest BCUT2D eigenvalue weighted by Crippen LogP contribution is -2.30. The van der Waals surface area contributed by atoms with Gasteiger partial charge in [-0.3, -0.25) is 0 Å². The molecule has 4 aromatic rings. The molecule has 0 saturated heterocycles. The molecule has 0 heterocycles. The Balaban J connectivity index is 1.31. The van der Waals surface area contributed by atoms with Crippen molar-refractivity contribution >= 4 is 23.4 Å². The average Bonchev–Trinajstić information content (AvgIpc) is 3.04. The van der Waals surface area contributed by atoms with Gasteiger partial charge in [0.25, 0.3) is 0 Å². The van der Waals surface area contributed by atoms with Crippen molar-refractivity contribution in [3.05, 3.63) is 125 Å². The van der Waals surface area contributed by atoms with E-state index in [1.807, 2.05) is 55.5 Å². The summed E-state index contributed by atoms with van der Waals surface area (Å²) >= 11 is 0. The van der Waals surface area contributed by atoms with Gasteiger partial charge in [0.05, 0.1) is 18.8 Å². The first kappa shape index (κ1) is 35.8. The maximum absolute atomic E-state index is 14.8. The van der Waals surface area contributed by atoms with Crippen molar-refractivity contribution in [1.82, 2.24) is 0 Å². The SMILES string of the molecule is CC(COC(=O)/C=C/c1ccc(OC(F)(F)c2ccc(OCCCC(F)(F)F)cc2)cc1)(Cc1ccc(N)cc1)Cc1ccc(N)cc1. The summed E-state index contributed by atoms with van der Waals surface area (Å²) in [5.74, 6) is -0.511. The van der Waals surface area contributed by atoms with Crippen molar-refractivity contribution in [3.8, 4) is 11.5 Å². The second-order valence-corrected chi connectivity index (χ2v) is 11.9. The highest BCUT2D eigenvalue weighted by atomic mass is 19.4. The van der Waals surface area contributed by atoms with Crippen LogP contribution in [0.5, 0.6) is 11.5 Å². The zero-order valence-electron chi connectivity index (χ0n) is 26.3. The number of rotatable bonds is 15. The Hall–Kier alpha value is -5.06. The van der Waals surface area contributed by atoms with Crippen LogP contribution in [0.1, 0.15) is 42.0 Å². The Morgan fingerprint density at radius 2 is 1.25 bits per heavy atom. The van der Waals surface area contributed by atoms with Crippen LogP contribution in [-0.4, -0.2) is 25.4 Å². The number of hydrogen-bond acceptors (Lipinski definition) is 6. The summed E-state index contributed by atoms with van der Waals surface area (Å²) in [6.45, 7) is 1.98. The molecule has 4 aromatic carbocycles. The minimum Gasteiger partial charge on any atom is -0.494 e. The average molecular weight is 669 g/mol. The second kappa shape index (κ2) is 15.7. The summed E-state index contributed by atoms with van der Waals surface area (Å²) in [6, 6.07) is 25.5. The smallest absolute Gasteiger partial charge is 0.426 e. The van der Waals surface area contributed by atoms with E-state index in [4.69, 9.17) is 25.7 Å². The first-order valence-electron chi connectivity index (χ1n) is 15.2. The lowest BCUT2D eigenvalue weighted by Gasteiger charge is -2.29. The molecular weight excluding hydrogens is 631 g/mol. The quantitative estimate of drug-likeness (QED) is 0.0433. The zero-order valence-corrected chi connectivity index (χ0v) is 26.3. The molecule has 48 heavy (non-hydrogen) atoms. The van der Waals surface area contributed by atoms with E-state index in [0.717, 1.165) is 23.3 Å². The van der Waals surface area contributed by atoms with Gasteiger partial charge in [0.1, 0.15) is 11.5 Å². The number of benzene rings is 4. The van der Waals surface area contributed by atoms with Crippen LogP contribution in [0.15, 0.2) is 103 Å². The number of nitrogen functional groups attached to an aromatic ring is 2. The summed E-state index contributed by atoms with van der Waals surface area (Å²) < 4.78 is 82.1. The van der Waals surface area contributed by atoms with Gasteiger partial charge in [0.15, 0.2) is 0 Å². The van der Waals surface area contributed by atoms with Gasteiger partial charge < -0.3 is 25.7 Å². The molecule has 6 nitrogen and oxygen atoms in total. The van der Waals surface area contributed by atoms with Crippen LogP contribution >= 0.6 is 0 Å². The van der Waals surface area contributed by atoms with E-state index in [0.29, 0.717) is 29.8 Å². The topological polar surface area (TPSA) is 96.8 Å². The highest BCUT2D eigenvalue weighted by Gasteiger charge is 2.34. The number of carbonyl (C=O) groups excluding carboxylic acids is 1. The third-order valence-corrected chi connectivity index (χ3v) is 7.39. The Morgan fingerprint density at radius 1 is 0.729 bits per heavy atom. The van der Waals surface area contributed by atoms with Crippen molar-refractivity contribution in [2.24, 2.45) is 5.41 Å². The third kappa shape index (κ3) is 11.6. The van der Waals surface area contributed by atoms with Gasteiger partial charge >= 0.3 is 18.3 Å². The van der Waals surface area contributed by atoms with E-state index >= 15 is 0 Å². The third-order valence-electron chi connectivity index (χ3n) is 7.39. The van der Waals surface area contributed by atoms with Crippen molar-refractivity contribution in [1.29, 1.82) is 0 Å². The number of esters is 1. The molecule has 0 spiro atoms. The molecular formula is C37H37F5N2O4. The molecule has 0 atom stereocenters. The molecule has 0 bridgehead atoms. The highest BCUT2D eigenvalue weighted by Crippen LogP contribution is 2.33. The van der Waals surface area contributed by atoms with Crippen molar-refractivity contribution in [3.63, 3.8) is 0 Å². The van der Waals surface area contributed by atoms with Gasteiger partial charge in [-0.2, -0.15) is 22.0 Å². The number of halogens is 5. The van der Waals surface area contributed by atoms with Crippen LogP contribution in [-0.2, 0) is 28.5 Å². The minimum absolute atomic E-state index is 0.117. The molecule has 0 radical (unpaired) electrons. The van der Waals surface area contributed by atoms with Crippen molar-refractivity contribution in [2.45, 2.75) is 44.9 Å². The number of hydrogen-bond donors (Lipinski definition) is 2. The summed E-state index contributed by atoms with van der Waals surface area (Å²) in [5, 5.41) is 0. The minimum atomic E-state index is -4.28. The first-order chi connectivity index (χ1) is 22.7. The fraction of sp³-hybridized carbons (Fsp3) is 0.270. The van der Waals surface area contributed by atoms with Gasteiger partial charge in [-0.1, -0.05) is 43.3 Å². The molecule has 11 heteroatoms.